The van der Waals surface area contributed by atoms with Gasteiger partial charge in [-0.2, -0.15) is 5.10 Å². The third kappa shape index (κ3) is 1.94. The van der Waals surface area contributed by atoms with Crippen LogP contribution in [0.15, 0.2) is 24.0 Å². The Morgan fingerprint density at radius 3 is 3.20 bits per heavy atom. The molecule has 0 saturated heterocycles. The van der Waals surface area contributed by atoms with Gasteiger partial charge in [0, 0.05) is 6.54 Å². The normalized spacial score (nSPS) is 10.5. The molecule has 0 bridgehead atoms. The summed E-state index contributed by atoms with van der Waals surface area (Å²) in [5.74, 6) is 0.790. The third-order valence-electron chi connectivity index (χ3n) is 1.89. The molecule has 0 aliphatic heterocycles. The second kappa shape index (κ2) is 4.31. The van der Waals surface area contributed by atoms with Crippen molar-refractivity contribution in [3.8, 4) is 0 Å². The highest BCUT2D eigenvalue weighted by Crippen LogP contribution is 2.21. The van der Waals surface area contributed by atoms with Gasteiger partial charge in [-0.3, -0.25) is 5.10 Å². The monoisotopic (exact) mass is 221 g/mol. The summed E-state index contributed by atoms with van der Waals surface area (Å²) in [6.07, 6.45) is 5.44. The van der Waals surface area contributed by atoms with Gasteiger partial charge in [0.25, 0.3) is 0 Å². The van der Waals surface area contributed by atoms with Crippen LogP contribution in [0.5, 0.6) is 0 Å². The van der Waals surface area contributed by atoms with Gasteiger partial charge in [-0.25, -0.2) is 9.97 Å². The van der Waals surface area contributed by atoms with E-state index in [0.717, 1.165) is 22.0 Å². The molecule has 15 heavy (non-hydrogen) atoms. The number of nitrogens with one attached hydrogen (secondary N) is 2. The minimum Gasteiger partial charge on any atom is -0.366 e. The maximum Gasteiger partial charge on any atom is 0.191 e. The molecule has 2 heterocycles. The lowest BCUT2D eigenvalue weighted by molar-refractivity contribution is 0.982. The van der Waals surface area contributed by atoms with Crippen molar-refractivity contribution in [2.45, 2.75) is 5.16 Å². The van der Waals surface area contributed by atoms with Crippen LogP contribution in [0, 0.1) is 0 Å². The lowest BCUT2D eigenvalue weighted by Crippen LogP contribution is -2.02. The van der Waals surface area contributed by atoms with Crippen LogP contribution >= 0.6 is 11.8 Å². The smallest absolute Gasteiger partial charge is 0.191 e. The van der Waals surface area contributed by atoms with Gasteiger partial charge in [0.15, 0.2) is 10.8 Å². The van der Waals surface area contributed by atoms with Gasteiger partial charge < -0.3 is 5.32 Å². The fraction of sp³-hybridized carbons (Fsp3) is 0.222. The topological polar surface area (TPSA) is 66.5 Å². The van der Waals surface area contributed by atoms with Crippen molar-refractivity contribution in [2.24, 2.45) is 0 Å². The Labute approximate surface area is 91.4 Å². The summed E-state index contributed by atoms with van der Waals surface area (Å²) in [4.78, 5) is 8.65. The predicted octanol–water partition coefficient (Wildman–Crippen LogP) is 1.67. The quantitative estimate of drug-likeness (QED) is 0.467. The first-order chi connectivity index (χ1) is 7.35. The Morgan fingerprint density at radius 2 is 2.47 bits per heavy atom. The molecule has 2 rings (SSSR count). The number of hydrogen-bond acceptors (Lipinski definition) is 5. The molecule has 0 aromatic carbocycles. The Morgan fingerprint density at radius 1 is 1.60 bits per heavy atom. The van der Waals surface area contributed by atoms with Crippen LogP contribution < -0.4 is 5.32 Å². The van der Waals surface area contributed by atoms with Crippen molar-refractivity contribution >= 4 is 28.6 Å². The molecule has 0 fully saturated rings. The van der Waals surface area contributed by atoms with Gasteiger partial charge >= 0.3 is 0 Å². The number of anilines is 1. The van der Waals surface area contributed by atoms with Crippen LogP contribution in [0.1, 0.15) is 0 Å². The van der Waals surface area contributed by atoms with Crippen molar-refractivity contribution in [2.75, 3.05) is 18.1 Å². The Hall–Kier alpha value is -1.56. The average Bonchev–Trinajstić information content (AvgIpc) is 2.73. The number of H-pyrrole nitrogens is 1. The molecule has 2 aromatic heterocycles. The number of rotatable bonds is 4. The van der Waals surface area contributed by atoms with Crippen molar-refractivity contribution in [3.05, 3.63) is 18.9 Å². The van der Waals surface area contributed by atoms with E-state index in [1.54, 1.807) is 12.3 Å². The molecule has 0 aliphatic rings. The molecular formula is C9H11N5S. The van der Waals surface area contributed by atoms with E-state index in [2.05, 4.69) is 32.1 Å². The van der Waals surface area contributed by atoms with Crippen molar-refractivity contribution < 1.29 is 0 Å². The maximum absolute atomic E-state index is 4.36. The average molecular weight is 221 g/mol. The first-order valence-electron chi connectivity index (χ1n) is 4.45. The standard InChI is InChI=1S/C9H11N5S/c1-3-4-10-7-6-5-11-14-8(6)13-9(12-7)15-2/h3,5H,1,4H2,2H3,(H2,10,11,12,13,14). The highest BCUT2D eigenvalue weighted by atomic mass is 32.2. The SMILES string of the molecule is C=CCNc1nc(SC)nc2[nH]ncc12. The van der Waals surface area contributed by atoms with Crippen LogP contribution in [0.2, 0.25) is 0 Å². The number of aromatic amines is 1. The number of thioether (sulfide) groups is 1. The van der Waals surface area contributed by atoms with E-state index in [-0.39, 0.29) is 0 Å². The zero-order valence-corrected chi connectivity index (χ0v) is 9.14. The summed E-state index contributed by atoms with van der Waals surface area (Å²) in [7, 11) is 0. The molecular weight excluding hydrogens is 210 g/mol. The first kappa shape index (κ1) is 9.97. The van der Waals surface area contributed by atoms with Gasteiger partial charge in [-0.05, 0) is 6.26 Å². The lowest BCUT2D eigenvalue weighted by Gasteiger charge is -2.04. The number of hydrogen-bond donors (Lipinski definition) is 2. The lowest BCUT2D eigenvalue weighted by atomic mass is 10.4. The third-order valence-corrected chi connectivity index (χ3v) is 2.43. The minimum atomic E-state index is 0.672. The van der Waals surface area contributed by atoms with Gasteiger partial charge in [0.1, 0.15) is 5.82 Å². The predicted molar refractivity (Wildman–Crippen MR) is 62.2 cm³/mol. The van der Waals surface area contributed by atoms with Crippen molar-refractivity contribution in [1.82, 2.24) is 20.2 Å². The highest BCUT2D eigenvalue weighted by molar-refractivity contribution is 7.98. The molecule has 78 valence electrons. The zero-order chi connectivity index (χ0) is 10.7. The van der Waals surface area contributed by atoms with Crippen LogP contribution in [0.25, 0.3) is 11.0 Å². The highest BCUT2D eigenvalue weighted by Gasteiger charge is 2.07. The van der Waals surface area contributed by atoms with E-state index in [4.69, 9.17) is 0 Å². The molecule has 0 radical (unpaired) electrons. The first-order valence-corrected chi connectivity index (χ1v) is 5.67. The summed E-state index contributed by atoms with van der Waals surface area (Å²) in [5.41, 5.74) is 0.751. The van der Waals surface area contributed by atoms with E-state index in [0.29, 0.717) is 6.54 Å². The maximum atomic E-state index is 4.36. The molecule has 2 N–H and O–H groups in total. The number of fused-ring (bicyclic) bond motifs is 1. The van der Waals surface area contributed by atoms with Crippen molar-refractivity contribution in [1.29, 1.82) is 0 Å². The van der Waals surface area contributed by atoms with Gasteiger partial charge in [-0.1, -0.05) is 17.8 Å². The van der Waals surface area contributed by atoms with Gasteiger partial charge in [0.2, 0.25) is 0 Å². The van der Waals surface area contributed by atoms with E-state index in [9.17, 15) is 0 Å². The molecule has 2 aromatic rings. The fourth-order valence-electron chi connectivity index (χ4n) is 1.21. The second-order valence-electron chi connectivity index (χ2n) is 2.86. The number of nitrogens with zero attached hydrogens (tertiary/aromatic N) is 3. The van der Waals surface area contributed by atoms with Crippen LogP contribution in [-0.4, -0.2) is 33.0 Å². The summed E-state index contributed by atoms with van der Waals surface area (Å²) >= 11 is 1.50. The molecule has 5 nitrogen and oxygen atoms in total. The molecule has 0 saturated carbocycles. The Bertz CT molecular complexity index is 478. The summed E-state index contributed by atoms with van der Waals surface area (Å²) in [6, 6.07) is 0. The molecule has 6 heteroatoms. The van der Waals surface area contributed by atoms with E-state index >= 15 is 0 Å². The van der Waals surface area contributed by atoms with Gasteiger partial charge in [-0.15, -0.1) is 6.58 Å². The molecule has 0 unspecified atom stereocenters. The van der Waals surface area contributed by atoms with Crippen molar-refractivity contribution in [3.63, 3.8) is 0 Å². The van der Waals surface area contributed by atoms with Gasteiger partial charge in [0.05, 0.1) is 11.6 Å². The Balaban J connectivity index is 2.48. The zero-order valence-electron chi connectivity index (χ0n) is 8.32. The summed E-state index contributed by atoms with van der Waals surface area (Å²) in [6.45, 7) is 4.32. The largest absolute Gasteiger partial charge is 0.366 e. The minimum absolute atomic E-state index is 0.672. The molecule has 0 spiro atoms. The molecule has 0 amide bonds. The van der Waals surface area contributed by atoms with E-state index < -0.39 is 0 Å². The van der Waals surface area contributed by atoms with Crippen LogP contribution in [-0.2, 0) is 0 Å². The summed E-state index contributed by atoms with van der Waals surface area (Å²) < 4.78 is 0. The van der Waals surface area contributed by atoms with E-state index in [1.807, 2.05) is 6.26 Å². The number of aromatic nitrogens is 4. The van der Waals surface area contributed by atoms with Crippen LogP contribution in [0.4, 0.5) is 5.82 Å². The molecule has 0 atom stereocenters. The fourth-order valence-corrected chi connectivity index (χ4v) is 1.57. The Kier molecular flexibility index (Phi) is 2.86. The van der Waals surface area contributed by atoms with E-state index in [1.165, 1.54) is 11.8 Å². The second-order valence-corrected chi connectivity index (χ2v) is 3.63. The summed E-state index contributed by atoms with van der Waals surface area (Å²) in [5, 5.41) is 11.5. The molecule has 0 aliphatic carbocycles. The van der Waals surface area contributed by atoms with Crippen LogP contribution in [0.3, 0.4) is 0 Å².